The van der Waals surface area contributed by atoms with Gasteiger partial charge in [-0.2, -0.15) is 5.10 Å². The summed E-state index contributed by atoms with van der Waals surface area (Å²) in [6, 6.07) is 18.8. The molecule has 5 heterocycles. The average Bonchev–Trinajstić information content (AvgIpc) is 3.79. The molecule has 0 radical (unpaired) electrons. The molecule has 14 heteroatoms. The second-order valence-electron chi connectivity index (χ2n) is 12.5. The van der Waals surface area contributed by atoms with Crippen LogP contribution >= 0.6 is 11.6 Å². The summed E-state index contributed by atoms with van der Waals surface area (Å²) < 4.78 is 13.8. The van der Waals surface area contributed by atoms with Crippen LogP contribution < -0.4 is 10.9 Å². The highest BCUT2D eigenvalue weighted by atomic mass is 35.5. The van der Waals surface area contributed by atoms with Crippen molar-refractivity contribution in [3.8, 4) is 22.6 Å². The second-order valence-corrected chi connectivity index (χ2v) is 12.9. The van der Waals surface area contributed by atoms with Gasteiger partial charge >= 0.3 is 6.09 Å². The fraction of sp³-hybridized carbons (Fsp3) is 0.278. The molecular weight excluding hydrogens is 660 g/mol. The maximum absolute atomic E-state index is 13.6. The highest BCUT2D eigenvalue weighted by Crippen LogP contribution is 2.30. The van der Waals surface area contributed by atoms with Crippen molar-refractivity contribution in [3.05, 3.63) is 118 Å². The third-order valence-electron chi connectivity index (χ3n) is 8.96. The molecule has 0 aliphatic carbocycles. The van der Waals surface area contributed by atoms with Crippen LogP contribution in [0, 0.1) is 0 Å². The van der Waals surface area contributed by atoms with Crippen LogP contribution in [-0.4, -0.2) is 64.1 Å². The van der Waals surface area contributed by atoms with Crippen molar-refractivity contribution in [3.63, 3.8) is 0 Å². The third-order valence-corrected chi connectivity index (χ3v) is 9.32. The number of halogens is 1. The molecule has 0 bridgehead atoms. The zero-order valence-corrected chi connectivity index (χ0v) is 28.1. The normalized spacial score (nSPS) is 14.5. The lowest BCUT2D eigenvalue weighted by molar-refractivity contribution is -0.0364. The van der Waals surface area contributed by atoms with Gasteiger partial charge in [0.2, 0.25) is 0 Å². The minimum Gasteiger partial charge on any atom is -0.445 e. The van der Waals surface area contributed by atoms with E-state index in [1.165, 1.54) is 17.3 Å². The summed E-state index contributed by atoms with van der Waals surface area (Å²) in [5.41, 5.74) is 4.19. The first-order valence-electron chi connectivity index (χ1n) is 16.2. The highest BCUT2D eigenvalue weighted by Gasteiger charge is 2.33. The molecule has 0 saturated carbocycles. The average molecular weight is 695 g/mol. The van der Waals surface area contributed by atoms with Gasteiger partial charge in [0, 0.05) is 49.0 Å². The number of likely N-dealkylation sites (tertiary alicyclic amines) is 1. The van der Waals surface area contributed by atoms with Gasteiger partial charge < -0.3 is 19.6 Å². The lowest BCUT2D eigenvalue weighted by Crippen LogP contribution is -2.47. The quantitative estimate of drug-likeness (QED) is 0.201. The number of aromatic nitrogens is 6. The third kappa shape index (κ3) is 7.30. The van der Waals surface area contributed by atoms with E-state index in [2.05, 4.69) is 30.3 Å². The van der Waals surface area contributed by atoms with Crippen LogP contribution in [0.25, 0.3) is 33.6 Å². The fourth-order valence-corrected chi connectivity index (χ4v) is 6.43. The number of carbonyl (C=O) groups is 1. The maximum Gasteiger partial charge on any atom is 0.407 e. The van der Waals surface area contributed by atoms with Crippen molar-refractivity contribution in [1.82, 2.24) is 39.5 Å². The Morgan fingerprint density at radius 1 is 1.06 bits per heavy atom. The first kappa shape index (κ1) is 33.1. The number of ether oxygens (including phenoxy) is 1. The Bertz CT molecular complexity index is 2160. The number of oxazole rings is 1. The lowest BCUT2D eigenvalue weighted by Gasteiger charge is -2.38. The molecule has 0 atom stereocenters. The lowest BCUT2D eigenvalue weighted by atomic mass is 9.91. The number of fused-ring (bicyclic) bond motifs is 1. The summed E-state index contributed by atoms with van der Waals surface area (Å²) in [7, 11) is 1.76. The zero-order chi connectivity index (χ0) is 34.7. The standard InChI is InChI=1S/C36H35ClN8O5/c1-43-33(25-7-5-24(6-8-25)20-49-35(47)40-17-28-4-2-3-13-39-28)31-32(42-43)34(46)45(22-41-31)21-36(48)11-14-44(15-12-36)19-27-10-9-26(16-29(27)37)30-18-38-23-50-30/h2-10,13,16,18,22-23,48H,11-12,14-15,17,19-21H2,1H3,(H,40,47). The molecule has 1 aliphatic heterocycles. The molecule has 2 aromatic carbocycles. The molecule has 1 fully saturated rings. The maximum atomic E-state index is 13.6. The number of piperidine rings is 1. The molecule has 0 spiro atoms. The molecule has 50 heavy (non-hydrogen) atoms. The largest absolute Gasteiger partial charge is 0.445 e. The molecule has 256 valence electrons. The first-order chi connectivity index (χ1) is 24.2. The first-order valence-corrected chi connectivity index (χ1v) is 16.6. The van der Waals surface area contributed by atoms with E-state index in [-0.39, 0.29) is 30.8 Å². The van der Waals surface area contributed by atoms with Gasteiger partial charge in [-0.1, -0.05) is 54.1 Å². The van der Waals surface area contributed by atoms with Gasteiger partial charge in [0.15, 0.2) is 17.7 Å². The number of hydrogen-bond donors (Lipinski definition) is 2. The van der Waals surface area contributed by atoms with E-state index >= 15 is 0 Å². The molecular formula is C36H35ClN8O5. The molecule has 1 amide bonds. The fourth-order valence-electron chi connectivity index (χ4n) is 6.19. The molecule has 4 aromatic heterocycles. The summed E-state index contributed by atoms with van der Waals surface area (Å²) in [6.45, 7) is 2.42. The Hall–Kier alpha value is -5.37. The number of benzene rings is 2. The number of aliphatic hydroxyl groups is 1. The van der Waals surface area contributed by atoms with Crippen LogP contribution in [0.3, 0.4) is 0 Å². The molecule has 2 N–H and O–H groups in total. The van der Waals surface area contributed by atoms with E-state index in [0.29, 0.717) is 54.5 Å². The molecule has 1 saturated heterocycles. The second kappa shape index (κ2) is 14.2. The van der Waals surface area contributed by atoms with Crippen LogP contribution in [-0.2, 0) is 38.0 Å². The molecule has 13 nitrogen and oxygen atoms in total. The summed E-state index contributed by atoms with van der Waals surface area (Å²) in [4.78, 5) is 40.7. The highest BCUT2D eigenvalue weighted by molar-refractivity contribution is 6.31. The molecule has 1 aliphatic rings. The monoisotopic (exact) mass is 694 g/mol. The SMILES string of the molecule is Cn1nc2c(=O)n(CC3(O)CCN(Cc4ccc(-c5cnco5)cc4Cl)CC3)cnc2c1-c1ccc(COC(=O)NCc2ccccn2)cc1. The van der Waals surface area contributed by atoms with Gasteiger partial charge in [0.1, 0.15) is 12.1 Å². The number of alkyl carbamates (subject to hydrolysis) is 1. The van der Waals surface area contributed by atoms with Crippen molar-refractivity contribution in [2.24, 2.45) is 7.05 Å². The van der Waals surface area contributed by atoms with Crippen LogP contribution in [0.15, 0.2) is 95.0 Å². The predicted molar refractivity (Wildman–Crippen MR) is 186 cm³/mol. The summed E-state index contributed by atoms with van der Waals surface area (Å²) >= 11 is 6.59. The number of amides is 1. The molecule has 6 aromatic rings. The van der Waals surface area contributed by atoms with Crippen molar-refractivity contribution in [2.45, 2.75) is 44.7 Å². The molecule has 7 rings (SSSR count). The van der Waals surface area contributed by atoms with Crippen LogP contribution in [0.1, 0.15) is 29.7 Å². The number of pyridine rings is 1. The van der Waals surface area contributed by atoms with Gasteiger partial charge in [0.05, 0.1) is 42.6 Å². The van der Waals surface area contributed by atoms with Crippen molar-refractivity contribution in [1.29, 1.82) is 0 Å². The van der Waals surface area contributed by atoms with Crippen molar-refractivity contribution in [2.75, 3.05) is 13.1 Å². The number of nitrogens with one attached hydrogen (secondary N) is 1. The smallest absolute Gasteiger partial charge is 0.407 e. The zero-order valence-electron chi connectivity index (χ0n) is 27.3. The summed E-state index contributed by atoms with van der Waals surface area (Å²) in [6.07, 6.45) is 6.62. The van der Waals surface area contributed by atoms with E-state index in [0.717, 1.165) is 27.9 Å². The summed E-state index contributed by atoms with van der Waals surface area (Å²) in [5.74, 6) is 0.656. The van der Waals surface area contributed by atoms with Crippen LogP contribution in [0.4, 0.5) is 4.79 Å². The van der Waals surface area contributed by atoms with E-state index in [1.807, 2.05) is 60.7 Å². The van der Waals surface area contributed by atoms with Crippen LogP contribution in [0.5, 0.6) is 0 Å². The Balaban J connectivity index is 0.964. The van der Waals surface area contributed by atoms with Gasteiger partial charge in [0.25, 0.3) is 5.56 Å². The topological polar surface area (TPSA) is 153 Å². The van der Waals surface area contributed by atoms with E-state index in [4.69, 9.17) is 20.8 Å². The van der Waals surface area contributed by atoms with Crippen molar-refractivity contribution >= 4 is 28.7 Å². The Morgan fingerprint density at radius 2 is 1.86 bits per heavy atom. The van der Waals surface area contributed by atoms with E-state index in [9.17, 15) is 14.7 Å². The Labute approximate surface area is 292 Å². The van der Waals surface area contributed by atoms with Gasteiger partial charge in [-0.15, -0.1) is 0 Å². The number of carbonyl (C=O) groups excluding carboxylic acids is 1. The number of aryl methyl sites for hydroxylation is 1. The molecule has 0 unspecified atom stereocenters. The number of hydrogen-bond acceptors (Lipinski definition) is 10. The van der Waals surface area contributed by atoms with Gasteiger partial charge in [-0.05, 0) is 42.2 Å². The van der Waals surface area contributed by atoms with E-state index < -0.39 is 11.7 Å². The predicted octanol–water partition coefficient (Wildman–Crippen LogP) is 4.95. The minimum atomic E-state index is -1.07. The van der Waals surface area contributed by atoms with Crippen LogP contribution in [0.2, 0.25) is 5.02 Å². The summed E-state index contributed by atoms with van der Waals surface area (Å²) in [5, 5.41) is 19.3. The number of rotatable bonds is 10. The van der Waals surface area contributed by atoms with E-state index in [1.54, 1.807) is 24.1 Å². The van der Waals surface area contributed by atoms with Gasteiger partial charge in [-0.3, -0.25) is 23.9 Å². The van der Waals surface area contributed by atoms with Crippen molar-refractivity contribution < 1.29 is 19.1 Å². The van der Waals surface area contributed by atoms with Gasteiger partial charge in [-0.25, -0.2) is 14.8 Å². The minimum absolute atomic E-state index is 0.0928. The Morgan fingerprint density at radius 3 is 2.58 bits per heavy atom. The Kier molecular flexibility index (Phi) is 9.44. The number of nitrogens with zero attached hydrogens (tertiary/aromatic N) is 7.